The number of fused-ring (bicyclic) bond motifs is 1. The molecule has 3 aromatic rings. The van der Waals surface area contributed by atoms with E-state index in [4.69, 9.17) is 0 Å². The Kier molecular flexibility index (Phi) is 4.16. The quantitative estimate of drug-likeness (QED) is 0.707. The number of H-pyrrole nitrogens is 1. The number of aromatic nitrogens is 3. The number of hydrogen-bond acceptors (Lipinski definition) is 5. The molecule has 9 heteroatoms. The van der Waals surface area contributed by atoms with Crippen LogP contribution in [0.1, 0.15) is 21.6 Å². The van der Waals surface area contributed by atoms with Crippen molar-refractivity contribution in [3.8, 4) is 6.07 Å². The number of para-hydroxylation sites is 1. The lowest BCUT2D eigenvalue weighted by atomic mass is 10.1. The highest BCUT2D eigenvalue weighted by Gasteiger charge is 2.31. The fourth-order valence-corrected chi connectivity index (χ4v) is 3.30. The van der Waals surface area contributed by atoms with Crippen LogP contribution in [0.5, 0.6) is 0 Å². The first-order valence-electron chi connectivity index (χ1n) is 8.66. The number of rotatable bonds is 2. The molecule has 1 aromatic carbocycles. The van der Waals surface area contributed by atoms with Gasteiger partial charge in [-0.3, -0.25) is 19.5 Å². The number of piperazine rings is 1. The van der Waals surface area contributed by atoms with Crippen LogP contribution in [-0.2, 0) is 4.79 Å². The molecule has 0 unspecified atom stereocenters. The fraction of sp³-hybridized carbons (Fsp3) is 0.211. The lowest BCUT2D eigenvalue weighted by Crippen LogP contribution is -2.53. The highest BCUT2D eigenvalue weighted by atomic mass is 16.2. The average Bonchev–Trinajstić information content (AvgIpc) is 3.09. The van der Waals surface area contributed by atoms with E-state index in [9.17, 15) is 19.6 Å². The largest absolute Gasteiger partial charge is 0.327 e. The maximum atomic E-state index is 12.8. The number of anilines is 1. The standard InChI is InChI=1S/C19H16N6O3/c1-12-8-16-21-10-14(19(28)25(16)22-12)18(27)23-6-7-24(17(26)11-23)15-5-3-2-4-13(15)9-20/h2-5,8,10,22H,6-7,11H2,1H3. The van der Waals surface area contributed by atoms with Crippen LogP contribution in [-0.4, -0.2) is 50.9 Å². The highest BCUT2D eigenvalue weighted by Crippen LogP contribution is 2.22. The maximum absolute atomic E-state index is 12.8. The van der Waals surface area contributed by atoms with Gasteiger partial charge in [0.1, 0.15) is 18.2 Å². The molecule has 1 aliphatic heterocycles. The van der Waals surface area contributed by atoms with Crippen LogP contribution in [0, 0.1) is 18.3 Å². The summed E-state index contributed by atoms with van der Waals surface area (Å²) in [6, 6.07) is 10.6. The van der Waals surface area contributed by atoms with Crippen LogP contribution >= 0.6 is 0 Å². The number of benzene rings is 1. The Balaban J connectivity index is 1.59. The second-order valence-corrected chi connectivity index (χ2v) is 6.51. The fourth-order valence-electron chi connectivity index (χ4n) is 3.30. The summed E-state index contributed by atoms with van der Waals surface area (Å²) >= 11 is 0. The van der Waals surface area contributed by atoms with Crippen LogP contribution < -0.4 is 10.5 Å². The van der Waals surface area contributed by atoms with Crippen molar-refractivity contribution in [3.63, 3.8) is 0 Å². The monoisotopic (exact) mass is 376 g/mol. The van der Waals surface area contributed by atoms with Crippen LogP contribution in [0.4, 0.5) is 5.69 Å². The Morgan fingerprint density at radius 3 is 2.79 bits per heavy atom. The van der Waals surface area contributed by atoms with Crippen molar-refractivity contribution in [2.45, 2.75) is 6.92 Å². The molecule has 1 fully saturated rings. The summed E-state index contributed by atoms with van der Waals surface area (Å²) in [6.45, 7) is 2.09. The number of nitrogens with zero attached hydrogens (tertiary/aromatic N) is 5. The third-order valence-corrected chi connectivity index (χ3v) is 4.68. The molecule has 28 heavy (non-hydrogen) atoms. The number of hydrogen-bond donors (Lipinski definition) is 1. The van der Waals surface area contributed by atoms with Gasteiger partial charge in [-0.25, -0.2) is 9.50 Å². The number of aromatic amines is 1. The zero-order chi connectivity index (χ0) is 19.8. The Hall–Kier alpha value is -3.93. The molecule has 140 valence electrons. The molecule has 1 N–H and O–H groups in total. The molecule has 0 atom stereocenters. The van der Waals surface area contributed by atoms with Gasteiger partial charge in [0.25, 0.3) is 11.5 Å². The van der Waals surface area contributed by atoms with Crippen molar-refractivity contribution in [1.82, 2.24) is 19.5 Å². The Bertz CT molecular complexity index is 1200. The summed E-state index contributed by atoms with van der Waals surface area (Å²) in [5.74, 6) is -0.854. The Morgan fingerprint density at radius 1 is 1.25 bits per heavy atom. The van der Waals surface area contributed by atoms with Gasteiger partial charge in [0, 0.05) is 31.0 Å². The number of nitriles is 1. The van der Waals surface area contributed by atoms with Gasteiger partial charge >= 0.3 is 0 Å². The van der Waals surface area contributed by atoms with Crippen LogP contribution in [0.25, 0.3) is 5.65 Å². The van der Waals surface area contributed by atoms with E-state index in [1.807, 2.05) is 0 Å². The molecule has 2 amide bonds. The molecule has 3 heterocycles. The van der Waals surface area contributed by atoms with Gasteiger partial charge in [-0.15, -0.1) is 0 Å². The molecular weight excluding hydrogens is 360 g/mol. The summed E-state index contributed by atoms with van der Waals surface area (Å²) in [7, 11) is 0. The Labute approximate surface area is 159 Å². The van der Waals surface area contributed by atoms with Crippen molar-refractivity contribution in [3.05, 3.63) is 63.7 Å². The molecule has 0 spiro atoms. The van der Waals surface area contributed by atoms with Gasteiger partial charge in [0.2, 0.25) is 5.91 Å². The van der Waals surface area contributed by atoms with Crippen molar-refractivity contribution < 1.29 is 9.59 Å². The number of amides is 2. The third-order valence-electron chi connectivity index (χ3n) is 4.68. The first-order valence-corrected chi connectivity index (χ1v) is 8.66. The molecule has 1 aliphatic rings. The minimum Gasteiger partial charge on any atom is -0.327 e. The first-order chi connectivity index (χ1) is 13.5. The normalized spacial score (nSPS) is 14.4. The lowest BCUT2D eigenvalue weighted by molar-refractivity contribution is -0.120. The van der Waals surface area contributed by atoms with E-state index < -0.39 is 11.5 Å². The van der Waals surface area contributed by atoms with Crippen LogP contribution in [0.2, 0.25) is 0 Å². The summed E-state index contributed by atoms with van der Waals surface area (Å²) in [4.78, 5) is 45.0. The molecule has 9 nitrogen and oxygen atoms in total. The van der Waals surface area contributed by atoms with Gasteiger partial charge in [0.15, 0.2) is 5.65 Å². The van der Waals surface area contributed by atoms with Crippen molar-refractivity contribution in [1.29, 1.82) is 5.26 Å². The number of carbonyl (C=O) groups excluding carboxylic acids is 2. The van der Waals surface area contributed by atoms with E-state index >= 15 is 0 Å². The maximum Gasteiger partial charge on any atom is 0.285 e. The van der Waals surface area contributed by atoms with E-state index in [-0.39, 0.29) is 31.1 Å². The van der Waals surface area contributed by atoms with Gasteiger partial charge in [0.05, 0.1) is 11.3 Å². The minimum absolute atomic E-state index is 0.0991. The average molecular weight is 376 g/mol. The summed E-state index contributed by atoms with van der Waals surface area (Å²) in [5.41, 5.74) is 1.48. The lowest BCUT2D eigenvalue weighted by Gasteiger charge is -2.34. The van der Waals surface area contributed by atoms with E-state index in [0.29, 0.717) is 16.9 Å². The topological polar surface area (TPSA) is 115 Å². The number of carbonyl (C=O) groups is 2. The van der Waals surface area contributed by atoms with E-state index in [2.05, 4.69) is 16.2 Å². The second kappa shape index (κ2) is 6.66. The van der Waals surface area contributed by atoms with Crippen molar-refractivity contribution >= 4 is 23.1 Å². The van der Waals surface area contributed by atoms with Crippen LogP contribution in [0.15, 0.2) is 41.3 Å². The molecule has 1 saturated heterocycles. The van der Waals surface area contributed by atoms with Gasteiger partial charge in [-0.2, -0.15) is 5.26 Å². The predicted octanol–water partition coefficient (Wildman–Crippen LogP) is 0.692. The summed E-state index contributed by atoms with van der Waals surface area (Å²) in [5, 5.41) is 12.1. The molecule has 2 aromatic heterocycles. The smallest absolute Gasteiger partial charge is 0.285 e. The number of nitrogens with one attached hydrogen (secondary N) is 1. The zero-order valence-corrected chi connectivity index (χ0v) is 15.0. The summed E-state index contributed by atoms with van der Waals surface area (Å²) < 4.78 is 1.21. The van der Waals surface area contributed by atoms with E-state index in [0.717, 1.165) is 5.69 Å². The van der Waals surface area contributed by atoms with E-state index in [1.54, 1.807) is 37.3 Å². The molecular formula is C19H16N6O3. The van der Waals surface area contributed by atoms with E-state index in [1.165, 1.54) is 20.5 Å². The first kappa shape index (κ1) is 17.5. The number of aryl methyl sites for hydroxylation is 1. The van der Waals surface area contributed by atoms with Gasteiger partial charge < -0.3 is 9.80 Å². The molecule has 0 radical (unpaired) electrons. The highest BCUT2D eigenvalue weighted by molar-refractivity contribution is 6.02. The van der Waals surface area contributed by atoms with Crippen molar-refractivity contribution in [2.75, 3.05) is 24.5 Å². The molecule has 0 saturated carbocycles. The second-order valence-electron chi connectivity index (χ2n) is 6.51. The SMILES string of the molecule is Cc1cc2ncc(C(=O)N3CCN(c4ccccc4C#N)C(=O)C3)c(=O)n2[nH]1. The van der Waals surface area contributed by atoms with Crippen LogP contribution in [0.3, 0.4) is 0 Å². The van der Waals surface area contributed by atoms with Crippen molar-refractivity contribution in [2.24, 2.45) is 0 Å². The predicted molar refractivity (Wildman–Crippen MR) is 100.0 cm³/mol. The molecule has 0 aliphatic carbocycles. The van der Waals surface area contributed by atoms with Gasteiger partial charge in [-0.1, -0.05) is 12.1 Å². The van der Waals surface area contributed by atoms with Gasteiger partial charge in [-0.05, 0) is 19.1 Å². The summed E-state index contributed by atoms with van der Waals surface area (Å²) in [6.07, 6.45) is 1.25. The molecule has 0 bridgehead atoms. The molecule has 4 rings (SSSR count). The minimum atomic E-state index is -0.541. The third kappa shape index (κ3) is 2.81. The zero-order valence-electron chi connectivity index (χ0n) is 15.0. The Morgan fingerprint density at radius 2 is 2.04 bits per heavy atom.